The van der Waals surface area contributed by atoms with Crippen molar-refractivity contribution in [3.63, 3.8) is 0 Å². The van der Waals surface area contributed by atoms with Gasteiger partial charge in [0.1, 0.15) is 35.9 Å². The van der Waals surface area contributed by atoms with Crippen LogP contribution in [-0.2, 0) is 23.5 Å². The Bertz CT molecular complexity index is 1860. The summed E-state index contributed by atoms with van der Waals surface area (Å²) in [5.41, 5.74) is 0.0661. The summed E-state index contributed by atoms with van der Waals surface area (Å²) in [5, 5.41) is 27.7. The number of halogens is 3. The van der Waals surface area contributed by atoms with Gasteiger partial charge in [-0.3, -0.25) is 9.69 Å². The molecular formula is C31H30BrF2N9O4. The van der Waals surface area contributed by atoms with E-state index in [1.54, 1.807) is 77.6 Å². The Morgan fingerprint density at radius 2 is 1.79 bits per heavy atom. The second-order valence-corrected chi connectivity index (χ2v) is 11.0. The third-order valence-electron chi connectivity index (χ3n) is 7.96. The van der Waals surface area contributed by atoms with Gasteiger partial charge in [0.2, 0.25) is 6.33 Å². The van der Waals surface area contributed by atoms with E-state index in [0.717, 1.165) is 11.6 Å². The monoisotopic (exact) mass is 709 g/mol. The second kappa shape index (κ2) is 13.7. The van der Waals surface area contributed by atoms with Crippen molar-refractivity contribution in [2.24, 2.45) is 0 Å². The molecule has 0 saturated carbocycles. The van der Waals surface area contributed by atoms with Crippen molar-refractivity contribution in [1.82, 2.24) is 34.9 Å². The number of benzene rings is 3. The molecule has 5 aromatic rings. The van der Waals surface area contributed by atoms with Gasteiger partial charge >= 0.3 is 12.0 Å². The maximum absolute atomic E-state index is 15.3. The quantitative estimate of drug-likeness (QED) is 0.118. The van der Waals surface area contributed by atoms with Crippen LogP contribution < -0.4 is 31.2 Å². The highest BCUT2D eigenvalue weighted by molar-refractivity contribution is 5.94. The van der Waals surface area contributed by atoms with Gasteiger partial charge in [-0.05, 0) is 65.4 Å². The lowest BCUT2D eigenvalue weighted by molar-refractivity contribution is -0.689. The summed E-state index contributed by atoms with van der Waals surface area (Å²) in [6, 6.07) is 15.7. The van der Waals surface area contributed by atoms with Gasteiger partial charge in [-0.15, -0.1) is 9.78 Å². The Morgan fingerprint density at radius 3 is 2.45 bits per heavy atom. The van der Waals surface area contributed by atoms with E-state index in [4.69, 9.17) is 4.74 Å². The average molecular weight is 711 g/mol. The predicted octanol–water partition coefficient (Wildman–Crippen LogP) is -0.379. The van der Waals surface area contributed by atoms with Gasteiger partial charge in [-0.25, -0.2) is 22.8 Å². The smallest absolute Gasteiger partial charge is 0.324 e. The first-order chi connectivity index (χ1) is 22.1. The summed E-state index contributed by atoms with van der Waals surface area (Å²) in [6.45, 7) is 3.71. The molecule has 0 unspecified atom stereocenters. The minimum Gasteiger partial charge on any atom is -1.00 e. The van der Waals surface area contributed by atoms with E-state index in [0.29, 0.717) is 36.3 Å². The van der Waals surface area contributed by atoms with Crippen molar-refractivity contribution >= 4 is 17.7 Å². The zero-order valence-electron chi connectivity index (χ0n) is 25.3. The molecule has 3 aromatic carbocycles. The van der Waals surface area contributed by atoms with Crippen molar-refractivity contribution in [1.29, 1.82) is 0 Å². The van der Waals surface area contributed by atoms with Crippen molar-refractivity contribution in [3.05, 3.63) is 108 Å². The Morgan fingerprint density at radius 1 is 1.06 bits per heavy atom. The van der Waals surface area contributed by atoms with Gasteiger partial charge in [0, 0.05) is 42.4 Å². The molecule has 2 atom stereocenters. The van der Waals surface area contributed by atoms with Gasteiger partial charge in [-0.1, -0.05) is 18.2 Å². The minimum absolute atomic E-state index is 0. The Labute approximate surface area is 278 Å². The number of amides is 2. The van der Waals surface area contributed by atoms with Crippen LogP contribution in [-0.4, -0.2) is 71.1 Å². The fourth-order valence-electron chi connectivity index (χ4n) is 5.57. The fourth-order valence-corrected chi connectivity index (χ4v) is 5.57. The number of urea groups is 1. The number of tetrazole rings is 1. The van der Waals surface area contributed by atoms with Crippen LogP contribution in [0.25, 0.3) is 5.69 Å². The highest BCUT2D eigenvalue weighted by Gasteiger charge is 2.47. The molecule has 47 heavy (non-hydrogen) atoms. The number of carbonyl (C=O) groups excluding carboxylic acids is 2. The topological polar surface area (TPSA) is 135 Å². The third-order valence-corrected chi connectivity index (χ3v) is 7.96. The first-order valence-corrected chi connectivity index (χ1v) is 14.4. The highest BCUT2D eigenvalue weighted by Crippen LogP contribution is 2.35. The van der Waals surface area contributed by atoms with Gasteiger partial charge < -0.3 is 31.7 Å². The van der Waals surface area contributed by atoms with Crippen LogP contribution in [0.4, 0.5) is 19.3 Å². The summed E-state index contributed by atoms with van der Waals surface area (Å²) in [6.07, 6.45) is 4.65. The SMILES string of the molecule is CC(=O)Oc1ccc(C[n+]2cnn(C[C@](O)(c3ccc(F)cc3F)[C@@H](C)N3CCN(c4ccc(-n5cnnn5)cc4)C3=O)c2)cc1.[Br-]. The van der Waals surface area contributed by atoms with E-state index in [1.165, 1.54) is 33.6 Å². The fraction of sp³-hybridized carbons (Fsp3) is 0.258. The largest absolute Gasteiger partial charge is 1.00 e. The van der Waals surface area contributed by atoms with Crippen LogP contribution in [0.3, 0.4) is 0 Å². The van der Waals surface area contributed by atoms with Gasteiger partial charge in [-0.2, -0.15) is 0 Å². The maximum Gasteiger partial charge on any atom is 0.324 e. The van der Waals surface area contributed by atoms with Crippen LogP contribution in [0.1, 0.15) is 25.0 Å². The summed E-state index contributed by atoms with van der Waals surface area (Å²) in [5.74, 6) is -1.72. The number of anilines is 1. The third kappa shape index (κ3) is 7.02. The van der Waals surface area contributed by atoms with Crippen LogP contribution in [0.2, 0.25) is 0 Å². The molecule has 0 radical (unpaired) electrons. The van der Waals surface area contributed by atoms with Gasteiger partial charge in [0.05, 0.1) is 18.3 Å². The molecule has 6 rings (SSSR count). The first kappa shape index (κ1) is 33.3. The molecule has 0 aliphatic carbocycles. The maximum atomic E-state index is 15.3. The van der Waals surface area contributed by atoms with E-state index in [-0.39, 0.29) is 41.7 Å². The Balaban J connectivity index is 0.00000433. The van der Waals surface area contributed by atoms with Crippen LogP contribution in [0.5, 0.6) is 5.75 Å². The van der Waals surface area contributed by atoms with Crippen LogP contribution in [0, 0.1) is 11.6 Å². The lowest BCUT2D eigenvalue weighted by Gasteiger charge is -2.38. The summed E-state index contributed by atoms with van der Waals surface area (Å²) >= 11 is 0. The number of hydrogen-bond donors (Lipinski definition) is 1. The van der Waals surface area contributed by atoms with E-state index in [9.17, 15) is 19.1 Å². The number of rotatable bonds is 10. The molecule has 1 aliphatic heterocycles. The van der Waals surface area contributed by atoms with Crippen LogP contribution in [0.15, 0.2) is 85.7 Å². The molecule has 244 valence electrons. The van der Waals surface area contributed by atoms with E-state index in [2.05, 4.69) is 20.6 Å². The van der Waals surface area contributed by atoms with E-state index in [1.807, 2.05) is 0 Å². The molecule has 1 N–H and O–H groups in total. The lowest BCUT2D eigenvalue weighted by atomic mass is 9.85. The Kier molecular flexibility index (Phi) is 9.72. The molecule has 3 heterocycles. The summed E-state index contributed by atoms with van der Waals surface area (Å²) in [7, 11) is 0. The van der Waals surface area contributed by atoms with Crippen molar-refractivity contribution in [3.8, 4) is 11.4 Å². The number of aromatic nitrogens is 7. The standard InChI is InChI=1S/C31H30F2N9O4.BrH/c1-21(40-13-14-41(30(40)44)25-6-8-26(9-7-25)42-18-34-36-37-42)31(45,28-12-5-24(32)15-29(28)33)17-39-20-38(19-35-39)16-23-3-10-27(11-4-23)46-22(2)43;/h3-12,15,18-21,45H,13-14,16-17H2,1-2H3;1H/q+1;/p-1/t21-,31-;/m1./s1. The predicted molar refractivity (Wildman–Crippen MR) is 158 cm³/mol. The van der Waals surface area contributed by atoms with E-state index < -0.39 is 29.2 Å². The highest BCUT2D eigenvalue weighted by atomic mass is 79.9. The number of aliphatic hydroxyl groups is 1. The van der Waals surface area contributed by atoms with Crippen molar-refractivity contribution in [2.45, 2.75) is 38.6 Å². The molecule has 16 heteroatoms. The molecule has 1 fully saturated rings. The zero-order valence-corrected chi connectivity index (χ0v) is 26.9. The molecule has 2 aromatic heterocycles. The van der Waals surface area contributed by atoms with Gasteiger partial charge in [0.25, 0.3) is 6.33 Å². The molecule has 0 spiro atoms. The van der Waals surface area contributed by atoms with Crippen molar-refractivity contribution in [2.75, 3.05) is 18.0 Å². The molecular weight excluding hydrogens is 680 g/mol. The zero-order chi connectivity index (χ0) is 32.4. The molecule has 2 amide bonds. The first-order valence-electron chi connectivity index (χ1n) is 14.4. The number of nitrogens with zero attached hydrogens (tertiary/aromatic N) is 9. The molecule has 1 saturated heterocycles. The van der Waals surface area contributed by atoms with Gasteiger partial charge in [0.15, 0.2) is 0 Å². The number of esters is 1. The summed E-state index contributed by atoms with van der Waals surface area (Å²) < 4.78 is 39.0. The Hall–Kier alpha value is -5.09. The van der Waals surface area contributed by atoms with Crippen molar-refractivity contribution < 1.29 is 49.8 Å². The average Bonchev–Trinajstić information content (AvgIpc) is 3.80. The lowest BCUT2D eigenvalue weighted by Crippen LogP contribution is -3.00. The molecule has 13 nitrogen and oxygen atoms in total. The molecule has 0 bridgehead atoms. The molecule has 1 aliphatic rings. The second-order valence-electron chi connectivity index (χ2n) is 11.0. The number of carbonyl (C=O) groups is 2. The summed E-state index contributed by atoms with van der Waals surface area (Å²) in [4.78, 5) is 27.9. The van der Waals surface area contributed by atoms with E-state index >= 15 is 4.39 Å². The number of ether oxygens (including phenoxy) is 1. The minimum atomic E-state index is -2.00. The normalized spacial score (nSPS) is 14.9. The number of hydrogen-bond acceptors (Lipinski definition) is 8. The van der Waals surface area contributed by atoms with Crippen LogP contribution >= 0.6 is 0 Å².